The summed E-state index contributed by atoms with van der Waals surface area (Å²) in [5.74, 6) is -2.19. The molecule has 6 heteroatoms. The first-order valence-electron chi connectivity index (χ1n) is 12.4. The van der Waals surface area contributed by atoms with Crippen molar-refractivity contribution in [1.29, 1.82) is 0 Å². The molecule has 1 unspecified atom stereocenters. The quantitative estimate of drug-likeness (QED) is 0.209. The topological polar surface area (TPSA) is 60.9 Å². The van der Waals surface area contributed by atoms with Gasteiger partial charge in [-0.3, -0.25) is 14.5 Å². The number of aliphatic hydroxyl groups is 1. The lowest BCUT2D eigenvalue weighted by Gasteiger charge is -2.26. The van der Waals surface area contributed by atoms with Crippen molar-refractivity contribution in [3.8, 4) is 0 Å². The monoisotopic (exact) mass is 492 g/mol. The highest BCUT2D eigenvalue weighted by Crippen LogP contribution is 2.42. The smallest absolute Gasteiger partial charge is 0.300 e. The predicted octanol–water partition coefficient (Wildman–Crippen LogP) is 6.21. The Morgan fingerprint density at radius 3 is 2.14 bits per heavy atom. The van der Waals surface area contributed by atoms with E-state index in [1.54, 1.807) is 24.3 Å². The van der Waals surface area contributed by atoms with E-state index in [4.69, 9.17) is 0 Å². The number of nitrogens with zero attached hydrogens (tertiary/aromatic N) is 2. The molecule has 0 aliphatic carbocycles. The van der Waals surface area contributed by atoms with Gasteiger partial charge in [-0.05, 0) is 71.6 Å². The minimum atomic E-state index is -0.898. The van der Waals surface area contributed by atoms with Crippen LogP contribution in [0.1, 0.15) is 30.0 Å². The molecular weight excluding hydrogens is 467 g/mol. The summed E-state index contributed by atoms with van der Waals surface area (Å²) < 4.78 is 13.8. The molecule has 1 atom stereocenters. The molecule has 6 rings (SSSR count). The van der Waals surface area contributed by atoms with Crippen molar-refractivity contribution in [2.75, 3.05) is 22.9 Å². The lowest BCUT2D eigenvalue weighted by molar-refractivity contribution is -0.132. The zero-order valence-electron chi connectivity index (χ0n) is 20.1. The molecule has 2 aliphatic heterocycles. The van der Waals surface area contributed by atoms with Gasteiger partial charge in [0.15, 0.2) is 0 Å². The highest BCUT2D eigenvalue weighted by atomic mass is 19.1. The van der Waals surface area contributed by atoms with Crippen molar-refractivity contribution < 1.29 is 19.1 Å². The number of hydrogen-bond donors (Lipinski definition) is 1. The van der Waals surface area contributed by atoms with Gasteiger partial charge in [0.25, 0.3) is 11.7 Å². The maximum absolute atomic E-state index is 13.8. The molecule has 4 aromatic carbocycles. The maximum Gasteiger partial charge on any atom is 0.300 e. The molecule has 4 aromatic rings. The van der Waals surface area contributed by atoms with Gasteiger partial charge in [-0.15, -0.1) is 0 Å². The third kappa shape index (κ3) is 4.04. The summed E-state index contributed by atoms with van der Waals surface area (Å²) in [7, 11) is 0. The Bertz CT molecular complexity index is 1540. The first-order valence-corrected chi connectivity index (χ1v) is 12.4. The van der Waals surface area contributed by atoms with Gasteiger partial charge in [-0.1, -0.05) is 48.5 Å². The molecular formula is C31H25FN2O3. The Labute approximate surface area is 214 Å². The molecule has 2 heterocycles. The molecule has 0 spiro atoms. The Balaban J connectivity index is 1.48. The molecule has 2 fully saturated rings. The maximum atomic E-state index is 13.8. The fraction of sp³-hybridized carbons (Fsp3) is 0.161. The third-order valence-electron chi connectivity index (χ3n) is 7.25. The van der Waals surface area contributed by atoms with Crippen molar-refractivity contribution in [3.63, 3.8) is 0 Å². The molecule has 1 N–H and O–H groups in total. The second-order valence-electron chi connectivity index (χ2n) is 9.49. The van der Waals surface area contributed by atoms with Crippen LogP contribution in [0.2, 0.25) is 0 Å². The van der Waals surface area contributed by atoms with Crippen LogP contribution in [0.15, 0.2) is 96.6 Å². The summed E-state index contributed by atoms with van der Waals surface area (Å²) in [6, 6.07) is 25.4. The van der Waals surface area contributed by atoms with Crippen LogP contribution in [-0.4, -0.2) is 29.9 Å². The fourth-order valence-electron chi connectivity index (χ4n) is 5.35. The third-order valence-corrected chi connectivity index (χ3v) is 7.25. The number of Topliss-reactive ketones (excluding diaryl/α,β-unsaturated/α-hetero) is 1. The number of carbonyl (C=O) groups excluding carboxylic acids is 2. The van der Waals surface area contributed by atoms with Crippen molar-refractivity contribution in [2.24, 2.45) is 0 Å². The van der Waals surface area contributed by atoms with Gasteiger partial charge in [0.1, 0.15) is 11.6 Å². The highest BCUT2D eigenvalue weighted by Gasteiger charge is 2.47. The van der Waals surface area contributed by atoms with Gasteiger partial charge in [0.05, 0.1) is 11.6 Å². The molecule has 0 aromatic heterocycles. The van der Waals surface area contributed by atoms with Gasteiger partial charge in [-0.2, -0.15) is 0 Å². The molecule has 1 amide bonds. The predicted molar refractivity (Wildman–Crippen MR) is 143 cm³/mol. The van der Waals surface area contributed by atoms with E-state index < -0.39 is 23.5 Å². The number of rotatable bonds is 4. The minimum absolute atomic E-state index is 0.0180. The summed E-state index contributed by atoms with van der Waals surface area (Å²) in [5.41, 5.74) is 2.56. The molecule has 0 radical (unpaired) electrons. The number of aliphatic hydroxyl groups excluding tert-OH is 1. The largest absolute Gasteiger partial charge is 0.507 e. The Kier molecular flexibility index (Phi) is 5.72. The van der Waals surface area contributed by atoms with Crippen LogP contribution in [0, 0.1) is 5.82 Å². The van der Waals surface area contributed by atoms with E-state index in [0.717, 1.165) is 42.4 Å². The lowest BCUT2D eigenvalue weighted by Crippen LogP contribution is -2.29. The summed E-state index contributed by atoms with van der Waals surface area (Å²) in [5, 5.41) is 13.3. The normalized spacial score (nSPS) is 19.2. The Hall–Kier alpha value is -4.45. The van der Waals surface area contributed by atoms with Gasteiger partial charge in [-0.25, -0.2) is 4.39 Å². The van der Waals surface area contributed by atoms with E-state index in [1.165, 1.54) is 17.0 Å². The van der Waals surface area contributed by atoms with E-state index in [1.807, 2.05) is 54.6 Å². The average Bonchev–Trinajstić information content (AvgIpc) is 3.56. The highest BCUT2D eigenvalue weighted by molar-refractivity contribution is 6.51. The number of anilines is 2. The van der Waals surface area contributed by atoms with E-state index in [0.29, 0.717) is 16.8 Å². The molecule has 0 saturated carbocycles. The molecule has 5 nitrogen and oxygen atoms in total. The lowest BCUT2D eigenvalue weighted by atomic mass is 9.94. The Morgan fingerprint density at radius 2 is 1.43 bits per heavy atom. The van der Waals surface area contributed by atoms with Crippen LogP contribution in [0.25, 0.3) is 16.5 Å². The second kappa shape index (κ2) is 9.21. The summed E-state index contributed by atoms with van der Waals surface area (Å²) in [4.78, 5) is 30.5. The van der Waals surface area contributed by atoms with E-state index >= 15 is 0 Å². The molecule has 184 valence electrons. The van der Waals surface area contributed by atoms with Crippen LogP contribution in [0.4, 0.5) is 15.8 Å². The zero-order valence-corrected chi connectivity index (χ0v) is 20.1. The van der Waals surface area contributed by atoms with E-state index in [-0.39, 0.29) is 11.3 Å². The molecule has 0 bridgehead atoms. The molecule has 2 aliphatic rings. The first kappa shape index (κ1) is 23.0. The minimum Gasteiger partial charge on any atom is -0.507 e. The van der Waals surface area contributed by atoms with Crippen molar-refractivity contribution in [1.82, 2.24) is 0 Å². The number of fused-ring (bicyclic) bond motifs is 1. The van der Waals surface area contributed by atoms with Crippen LogP contribution < -0.4 is 9.80 Å². The number of benzene rings is 4. The summed E-state index contributed by atoms with van der Waals surface area (Å²) in [6.45, 7) is 1.98. The standard InChI is InChI=1S/C31H25FN2O3/c32-24-11-9-21(10-12-24)28-27(29(35)23-8-7-20-5-1-2-6-22(20)19-23)30(36)31(37)34(28)26-15-13-25(14-16-26)33-17-3-4-18-33/h1-2,5-16,19,28,35H,3-4,17-18H2/b29-27-. The summed E-state index contributed by atoms with van der Waals surface area (Å²) in [6.07, 6.45) is 2.30. The number of ketones is 1. The van der Waals surface area contributed by atoms with Crippen LogP contribution in [0.5, 0.6) is 0 Å². The second-order valence-corrected chi connectivity index (χ2v) is 9.49. The van der Waals surface area contributed by atoms with E-state index in [2.05, 4.69) is 4.90 Å². The van der Waals surface area contributed by atoms with E-state index in [9.17, 15) is 19.1 Å². The van der Waals surface area contributed by atoms with Crippen molar-refractivity contribution >= 4 is 39.6 Å². The average molecular weight is 493 g/mol. The van der Waals surface area contributed by atoms with Crippen LogP contribution >= 0.6 is 0 Å². The SMILES string of the molecule is O=C1C(=O)N(c2ccc(N3CCCC3)cc2)C(c2ccc(F)cc2)/C1=C(/O)c1ccc2ccccc2c1. The van der Waals surface area contributed by atoms with Crippen LogP contribution in [0.3, 0.4) is 0 Å². The Morgan fingerprint density at radius 1 is 0.784 bits per heavy atom. The van der Waals surface area contributed by atoms with Gasteiger partial charge in [0.2, 0.25) is 0 Å². The summed E-state index contributed by atoms with van der Waals surface area (Å²) >= 11 is 0. The number of hydrogen-bond acceptors (Lipinski definition) is 4. The number of carbonyl (C=O) groups is 2. The van der Waals surface area contributed by atoms with Crippen molar-refractivity contribution in [3.05, 3.63) is 114 Å². The fourth-order valence-corrected chi connectivity index (χ4v) is 5.35. The number of halogens is 1. The molecule has 37 heavy (non-hydrogen) atoms. The van der Waals surface area contributed by atoms with Gasteiger partial charge >= 0.3 is 0 Å². The molecule has 2 saturated heterocycles. The van der Waals surface area contributed by atoms with Crippen LogP contribution in [-0.2, 0) is 9.59 Å². The van der Waals surface area contributed by atoms with Gasteiger partial charge < -0.3 is 10.0 Å². The zero-order chi connectivity index (χ0) is 25.5. The van der Waals surface area contributed by atoms with Crippen molar-refractivity contribution in [2.45, 2.75) is 18.9 Å². The number of amides is 1. The van der Waals surface area contributed by atoms with Gasteiger partial charge in [0, 0.05) is 30.0 Å². The first-order chi connectivity index (χ1) is 18.0.